The van der Waals surface area contributed by atoms with Gasteiger partial charge in [-0.2, -0.15) is 0 Å². The van der Waals surface area contributed by atoms with E-state index in [4.69, 9.17) is 0 Å². The first-order valence-corrected chi connectivity index (χ1v) is 7.93. The van der Waals surface area contributed by atoms with Crippen molar-refractivity contribution in [2.75, 3.05) is 18.8 Å². The minimum Gasteiger partial charge on any atom is -0.333 e. The van der Waals surface area contributed by atoms with E-state index in [0.29, 0.717) is 0 Å². The third-order valence-corrected chi connectivity index (χ3v) is 3.86. The van der Waals surface area contributed by atoms with Crippen molar-refractivity contribution in [1.82, 2.24) is 15.3 Å². The number of aryl methyl sites for hydroxylation is 1. The Bertz CT molecular complexity index is 519. The lowest BCUT2D eigenvalue weighted by Crippen LogP contribution is -2.21. The van der Waals surface area contributed by atoms with Crippen LogP contribution < -0.4 is 5.32 Å². The SMILES string of the molecule is Cc1ccc2nc(SCCCNCC(C)C)[nH]c2c1. The number of fused-ring (bicyclic) bond motifs is 1. The molecular formula is C15H23N3S. The van der Waals surface area contributed by atoms with Crippen LogP contribution in [0.25, 0.3) is 11.0 Å². The summed E-state index contributed by atoms with van der Waals surface area (Å²) >= 11 is 1.80. The zero-order valence-corrected chi connectivity index (χ0v) is 12.8. The second-order valence-electron chi connectivity index (χ2n) is 5.36. The molecule has 0 unspecified atom stereocenters. The fourth-order valence-electron chi connectivity index (χ4n) is 1.93. The summed E-state index contributed by atoms with van der Waals surface area (Å²) in [6.07, 6.45) is 1.17. The van der Waals surface area contributed by atoms with Gasteiger partial charge in [0.25, 0.3) is 0 Å². The minimum atomic E-state index is 0.728. The second-order valence-corrected chi connectivity index (χ2v) is 6.45. The number of thioether (sulfide) groups is 1. The van der Waals surface area contributed by atoms with Crippen LogP contribution in [0.4, 0.5) is 0 Å². The van der Waals surface area contributed by atoms with Crippen molar-refractivity contribution in [1.29, 1.82) is 0 Å². The standard InChI is InChI=1S/C15H23N3S/c1-11(2)10-16-7-4-8-19-15-17-13-6-5-12(3)9-14(13)18-15/h5-6,9,11,16H,4,7-8,10H2,1-3H3,(H,17,18). The molecule has 4 heteroatoms. The highest BCUT2D eigenvalue weighted by Gasteiger charge is 2.03. The molecule has 0 fully saturated rings. The zero-order chi connectivity index (χ0) is 13.7. The van der Waals surface area contributed by atoms with E-state index in [1.165, 1.54) is 12.0 Å². The maximum Gasteiger partial charge on any atom is 0.166 e. The maximum absolute atomic E-state index is 4.59. The quantitative estimate of drug-likeness (QED) is 0.600. The summed E-state index contributed by atoms with van der Waals surface area (Å²) in [7, 11) is 0. The van der Waals surface area contributed by atoms with Crippen LogP contribution >= 0.6 is 11.8 Å². The van der Waals surface area contributed by atoms with E-state index in [1.54, 1.807) is 11.8 Å². The molecule has 2 N–H and O–H groups in total. The molecule has 0 saturated heterocycles. The summed E-state index contributed by atoms with van der Waals surface area (Å²) in [6.45, 7) is 8.77. The summed E-state index contributed by atoms with van der Waals surface area (Å²) in [5, 5.41) is 4.49. The van der Waals surface area contributed by atoms with Gasteiger partial charge in [0.2, 0.25) is 0 Å². The Balaban J connectivity index is 1.75. The van der Waals surface area contributed by atoms with Crippen LogP contribution in [0.5, 0.6) is 0 Å². The van der Waals surface area contributed by atoms with Crippen LogP contribution in [0, 0.1) is 12.8 Å². The fraction of sp³-hybridized carbons (Fsp3) is 0.533. The molecule has 0 aliphatic rings. The molecule has 0 bridgehead atoms. The van der Waals surface area contributed by atoms with Crippen molar-refractivity contribution in [2.24, 2.45) is 5.92 Å². The fourth-order valence-corrected chi connectivity index (χ4v) is 2.75. The number of nitrogens with zero attached hydrogens (tertiary/aromatic N) is 1. The third kappa shape index (κ3) is 4.55. The molecule has 0 aliphatic carbocycles. The van der Waals surface area contributed by atoms with Gasteiger partial charge in [-0.1, -0.05) is 31.7 Å². The van der Waals surface area contributed by atoms with Crippen molar-refractivity contribution < 1.29 is 0 Å². The molecule has 0 atom stereocenters. The second kappa shape index (κ2) is 6.96. The van der Waals surface area contributed by atoms with Gasteiger partial charge in [-0.3, -0.25) is 0 Å². The van der Waals surface area contributed by atoms with Gasteiger partial charge >= 0.3 is 0 Å². The van der Waals surface area contributed by atoms with E-state index in [1.807, 2.05) is 0 Å². The summed E-state index contributed by atoms with van der Waals surface area (Å²) in [5.41, 5.74) is 3.47. The van der Waals surface area contributed by atoms with Gasteiger partial charge in [-0.15, -0.1) is 0 Å². The van der Waals surface area contributed by atoms with E-state index >= 15 is 0 Å². The van der Waals surface area contributed by atoms with Crippen molar-refractivity contribution in [3.05, 3.63) is 23.8 Å². The minimum absolute atomic E-state index is 0.728. The number of imidazole rings is 1. The third-order valence-electron chi connectivity index (χ3n) is 2.90. The van der Waals surface area contributed by atoms with Gasteiger partial charge in [-0.05, 0) is 50.0 Å². The van der Waals surface area contributed by atoms with Crippen LogP contribution in [0.15, 0.2) is 23.4 Å². The number of hydrogen-bond acceptors (Lipinski definition) is 3. The van der Waals surface area contributed by atoms with Crippen LogP contribution in [-0.2, 0) is 0 Å². The summed E-state index contributed by atoms with van der Waals surface area (Å²) < 4.78 is 0. The lowest BCUT2D eigenvalue weighted by atomic mass is 10.2. The lowest BCUT2D eigenvalue weighted by molar-refractivity contribution is 0.551. The summed E-state index contributed by atoms with van der Waals surface area (Å²) in [5.74, 6) is 1.83. The van der Waals surface area contributed by atoms with E-state index in [9.17, 15) is 0 Å². The van der Waals surface area contributed by atoms with Crippen LogP contribution in [0.1, 0.15) is 25.8 Å². The Hall–Kier alpha value is -1.00. The number of aromatic nitrogens is 2. The van der Waals surface area contributed by atoms with Gasteiger partial charge < -0.3 is 10.3 Å². The first-order valence-electron chi connectivity index (χ1n) is 6.95. The van der Waals surface area contributed by atoms with Crippen molar-refractivity contribution in [3.8, 4) is 0 Å². The highest BCUT2D eigenvalue weighted by molar-refractivity contribution is 7.99. The molecule has 1 heterocycles. The van der Waals surface area contributed by atoms with E-state index in [-0.39, 0.29) is 0 Å². The molecule has 2 rings (SSSR count). The largest absolute Gasteiger partial charge is 0.333 e. The molecule has 0 spiro atoms. The molecule has 0 saturated carbocycles. The molecule has 0 amide bonds. The Morgan fingerprint density at radius 3 is 3.00 bits per heavy atom. The zero-order valence-electron chi connectivity index (χ0n) is 12.0. The predicted molar refractivity (Wildman–Crippen MR) is 83.9 cm³/mol. The molecule has 104 valence electrons. The average Bonchev–Trinajstić information content (AvgIpc) is 2.75. The van der Waals surface area contributed by atoms with Gasteiger partial charge in [0.1, 0.15) is 0 Å². The summed E-state index contributed by atoms with van der Waals surface area (Å²) in [4.78, 5) is 7.96. The maximum atomic E-state index is 4.59. The molecular weight excluding hydrogens is 254 g/mol. The number of rotatable bonds is 7. The molecule has 0 aliphatic heterocycles. The molecule has 0 radical (unpaired) electrons. The van der Waals surface area contributed by atoms with Crippen molar-refractivity contribution >= 4 is 22.8 Å². The van der Waals surface area contributed by atoms with Gasteiger partial charge in [0.15, 0.2) is 5.16 Å². The Morgan fingerprint density at radius 1 is 1.37 bits per heavy atom. The predicted octanol–water partition coefficient (Wildman–Crippen LogP) is 3.60. The van der Waals surface area contributed by atoms with Gasteiger partial charge in [0, 0.05) is 5.75 Å². The number of H-pyrrole nitrogens is 1. The smallest absolute Gasteiger partial charge is 0.166 e. The lowest BCUT2D eigenvalue weighted by Gasteiger charge is -2.06. The van der Waals surface area contributed by atoms with Gasteiger partial charge in [0.05, 0.1) is 11.0 Å². The Labute approximate surface area is 119 Å². The topological polar surface area (TPSA) is 40.7 Å². The van der Waals surface area contributed by atoms with Crippen LogP contribution in [-0.4, -0.2) is 28.8 Å². The Kier molecular flexibility index (Phi) is 5.28. The first-order chi connectivity index (χ1) is 9.15. The van der Waals surface area contributed by atoms with E-state index in [2.05, 4.69) is 54.3 Å². The Morgan fingerprint density at radius 2 is 2.21 bits per heavy atom. The van der Waals surface area contributed by atoms with Crippen molar-refractivity contribution in [3.63, 3.8) is 0 Å². The highest BCUT2D eigenvalue weighted by Crippen LogP contribution is 2.20. The molecule has 1 aromatic carbocycles. The molecule has 2 aromatic rings. The van der Waals surface area contributed by atoms with E-state index < -0.39 is 0 Å². The number of hydrogen-bond donors (Lipinski definition) is 2. The molecule has 3 nitrogen and oxygen atoms in total. The van der Waals surface area contributed by atoms with Crippen molar-refractivity contribution in [2.45, 2.75) is 32.3 Å². The summed E-state index contributed by atoms with van der Waals surface area (Å²) in [6, 6.07) is 6.33. The van der Waals surface area contributed by atoms with Crippen LogP contribution in [0.2, 0.25) is 0 Å². The van der Waals surface area contributed by atoms with E-state index in [0.717, 1.165) is 41.0 Å². The normalized spacial score (nSPS) is 11.6. The van der Waals surface area contributed by atoms with Crippen LogP contribution in [0.3, 0.4) is 0 Å². The monoisotopic (exact) mass is 277 g/mol. The number of nitrogens with one attached hydrogen (secondary N) is 2. The number of aromatic amines is 1. The highest BCUT2D eigenvalue weighted by atomic mass is 32.2. The molecule has 19 heavy (non-hydrogen) atoms. The van der Waals surface area contributed by atoms with Gasteiger partial charge in [-0.25, -0.2) is 4.98 Å². The number of benzene rings is 1. The average molecular weight is 277 g/mol. The molecule has 1 aromatic heterocycles. The first kappa shape index (κ1) is 14.4.